The number of nitrogens with one attached hydrogen (secondary N) is 3. The quantitative estimate of drug-likeness (QED) is 0.217. The molecule has 0 heterocycles. The number of halogens is 1. The molecule has 9 heteroatoms. The lowest BCUT2D eigenvalue weighted by molar-refractivity contribution is 0.409. The standard InChI is InChI=1S/C15H26N4O3S.HI/c1-4-16-15(18-11-12-19-23(3,20)21)17-10-9-13-7-5-6-8-14(13)22-2;/h5-8,19H,4,9-12H2,1-3H3,(H2,16,17,18);1H. The normalized spacial score (nSPS) is 11.5. The van der Waals surface area contributed by atoms with Gasteiger partial charge in [0.15, 0.2) is 5.96 Å². The second kappa shape index (κ2) is 12.3. The summed E-state index contributed by atoms with van der Waals surface area (Å²) in [6, 6.07) is 7.89. The third-order valence-corrected chi connectivity index (χ3v) is 3.70. The summed E-state index contributed by atoms with van der Waals surface area (Å²) in [5.41, 5.74) is 1.12. The Hall–Kier alpha value is -1.07. The van der Waals surface area contributed by atoms with Crippen LogP contribution in [0.25, 0.3) is 0 Å². The van der Waals surface area contributed by atoms with Gasteiger partial charge in [0.25, 0.3) is 0 Å². The van der Waals surface area contributed by atoms with Crippen LogP contribution in [0, 0.1) is 0 Å². The van der Waals surface area contributed by atoms with Gasteiger partial charge in [-0.05, 0) is 25.0 Å². The second-order valence-electron chi connectivity index (χ2n) is 4.92. The average molecular weight is 470 g/mol. The van der Waals surface area contributed by atoms with E-state index in [0.717, 1.165) is 30.5 Å². The minimum absolute atomic E-state index is 0. The van der Waals surface area contributed by atoms with E-state index in [1.54, 1.807) is 7.11 Å². The predicted molar refractivity (Wildman–Crippen MR) is 109 cm³/mol. The van der Waals surface area contributed by atoms with Gasteiger partial charge < -0.3 is 15.4 Å². The van der Waals surface area contributed by atoms with Gasteiger partial charge in [0.2, 0.25) is 10.0 Å². The molecule has 0 saturated heterocycles. The maximum Gasteiger partial charge on any atom is 0.208 e. The van der Waals surface area contributed by atoms with Crippen LogP contribution in [0.5, 0.6) is 5.75 Å². The number of hydrogen-bond donors (Lipinski definition) is 3. The minimum Gasteiger partial charge on any atom is -0.496 e. The number of sulfonamides is 1. The highest BCUT2D eigenvalue weighted by atomic mass is 127. The lowest BCUT2D eigenvalue weighted by atomic mass is 10.1. The fourth-order valence-corrected chi connectivity index (χ4v) is 2.43. The van der Waals surface area contributed by atoms with Gasteiger partial charge in [0.05, 0.1) is 19.9 Å². The van der Waals surface area contributed by atoms with Gasteiger partial charge in [-0.25, -0.2) is 13.1 Å². The zero-order valence-electron chi connectivity index (χ0n) is 14.3. The fourth-order valence-electron chi connectivity index (χ4n) is 1.97. The monoisotopic (exact) mass is 470 g/mol. The largest absolute Gasteiger partial charge is 0.496 e. The van der Waals surface area contributed by atoms with Crippen molar-refractivity contribution >= 4 is 40.0 Å². The van der Waals surface area contributed by atoms with Crippen LogP contribution >= 0.6 is 24.0 Å². The molecular formula is C15H27IN4O3S. The van der Waals surface area contributed by atoms with Gasteiger partial charge in [-0.1, -0.05) is 18.2 Å². The maximum atomic E-state index is 11.0. The zero-order valence-corrected chi connectivity index (χ0v) is 17.5. The Morgan fingerprint density at radius 1 is 1.21 bits per heavy atom. The summed E-state index contributed by atoms with van der Waals surface area (Å²) in [5.74, 6) is 1.53. The van der Waals surface area contributed by atoms with Crippen molar-refractivity contribution in [3.8, 4) is 5.75 Å². The van der Waals surface area contributed by atoms with Gasteiger partial charge in [0.1, 0.15) is 5.75 Å². The van der Waals surface area contributed by atoms with Crippen LogP contribution in [-0.4, -0.2) is 53.9 Å². The first-order valence-corrected chi connectivity index (χ1v) is 9.44. The van der Waals surface area contributed by atoms with Gasteiger partial charge in [0, 0.05) is 19.6 Å². The number of guanidine groups is 1. The van der Waals surface area contributed by atoms with Gasteiger partial charge in [-0.3, -0.25) is 4.99 Å². The van der Waals surface area contributed by atoms with Crippen LogP contribution in [0.2, 0.25) is 0 Å². The molecule has 0 aliphatic carbocycles. The molecule has 0 aromatic heterocycles. The van der Waals surface area contributed by atoms with E-state index in [2.05, 4.69) is 20.3 Å². The molecule has 0 radical (unpaired) electrons. The Morgan fingerprint density at radius 2 is 1.92 bits per heavy atom. The van der Waals surface area contributed by atoms with E-state index < -0.39 is 10.0 Å². The number of methoxy groups -OCH3 is 1. The van der Waals surface area contributed by atoms with Crippen LogP contribution in [0.3, 0.4) is 0 Å². The molecule has 24 heavy (non-hydrogen) atoms. The number of aliphatic imine (C=N–C) groups is 1. The Balaban J connectivity index is 0.00000529. The summed E-state index contributed by atoms with van der Waals surface area (Å²) in [7, 11) is -1.51. The van der Waals surface area contributed by atoms with E-state index in [9.17, 15) is 8.42 Å². The minimum atomic E-state index is -3.17. The molecule has 0 saturated carbocycles. The second-order valence-corrected chi connectivity index (χ2v) is 6.75. The molecule has 7 nitrogen and oxygen atoms in total. The van der Waals surface area contributed by atoms with Crippen LogP contribution in [0.4, 0.5) is 0 Å². The van der Waals surface area contributed by atoms with Crippen molar-refractivity contribution in [2.24, 2.45) is 4.99 Å². The number of para-hydroxylation sites is 1. The number of benzene rings is 1. The molecule has 0 fully saturated rings. The van der Waals surface area contributed by atoms with Crippen molar-refractivity contribution < 1.29 is 13.2 Å². The third-order valence-electron chi connectivity index (χ3n) is 2.97. The van der Waals surface area contributed by atoms with Crippen LogP contribution in [0.1, 0.15) is 12.5 Å². The Bertz CT molecular complexity index is 608. The van der Waals surface area contributed by atoms with Crippen molar-refractivity contribution in [2.45, 2.75) is 13.3 Å². The average Bonchev–Trinajstić information content (AvgIpc) is 2.51. The van der Waals surface area contributed by atoms with Gasteiger partial charge in [-0.15, -0.1) is 24.0 Å². The first kappa shape index (κ1) is 22.9. The fraction of sp³-hybridized carbons (Fsp3) is 0.533. The van der Waals surface area contributed by atoms with Crippen molar-refractivity contribution in [1.29, 1.82) is 0 Å². The number of rotatable bonds is 9. The molecule has 0 aliphatic heterocycles. The van der Waals surface area contributed by atoms with Crippen LogP contribution < -0.4 is 20.1 Å². The molecule has 3 N–H and O–H groups in total. The topological polar surface area (TPSA) is 91.8 Å². The Morgan fingerprint density at radius 3 is 2.54 bits per heavy atom. The highest BCUT2D eigenvalue weighted by Gasteiger charge is 2.03. The molecule has 0 atom stereocenters. The lowest BCUT2D eigenvalue weighted by Gasteiger charge is -2.12. The molecule has 0 unspecified atom stereocenters. The van der Waals surface area contributed by atoms with E-state index in [0.29, 0.717) is 19.0 Å². The van der Waals surface area contributed by atoms with Crippen molar-refractivity contribution in [3.05, 3.63) is 29.8 Å². The smallest absolute Gasteiger partial charge is 0.208 e. The van der Waals surface area contributed by atoms with E-state index in [1.807, 2.05) is 31.2 Å². The van der Waals surface area contributed by atoms with Crippen LogP contribution in [0.15, 0.2) is 29.3 Å². The summed E-state index contributed by atoms with van der Waals surface area (Å²) >= 11 is 0. The molecule has 0 aliphatic rings. The van der Waals surface area contributed by atoms with E-state index in [4.69, 9.17) is 4.74 Å². The van der Waals surface area contributed by atoms with Crippen molar-refractivity contribution in [1.82, 2.24) is 15.4 Å². The molecule has 0 bridgehead atoms. The molecule has 0 amide bonds. The first-order valence-electron chi connectivity index (χ1n) is 7.55. The number of hydrogen-bond acceptors (Lipinski definition) is 4. The maximum absolute atomic E-state index is 11.0. The highest BCUT2D eigenvalue weighted by molar-refractivity contribution is 14.0. The summed E-state index contributed by atoms with van der Waals surface area (Å²) in [4.78, 5) is 4.33. The predicted octanol–water partition coefficient (Wildman–Crippen LogP) is 0.960. The van der Waals surface area contributed by atoms with Gasteiger partial charge in [-0.2, -0.15) is 0 Å². The Kier molecular flexibility index (Phi) is 11.8. The van der Waals surface area contributed by atoms with E-state index in [-0.39, 0.29) is 30.5 Å². The van der Waals surface area contributed by atoms with E-state index in [1.165, 1.54) is 0 Å². The van der Waals surface area contributed by atoms with Crippen molar-refractivity contribution in [3.63, 3.8) is 0 Å². The summed E-state index contributed by atoms with van der Waals surface area (Å²) in [5, 5.41) is 6.35. The molecule has 1 rings (SSSR count). The molecule has 1 aromatic rings. The molecule has 1 aromatic carbocycles. The summed E-state index contributed by atoms with van der Waals surface area (Å²) in [6.45, 7) is 4.07. The lowest BCUT2D eigenvalue weighted by Crippen LogP contribution is -2.39. The van der Waals surface area contributed by atoms with Crippen LogP contribution in [-0.2, 0) is 16.4 Å². The summed E-state index contributed by atoms with van der Waals surface area (Å²) < 4.78 is 29.7. The molecule has 0 spiro atoms. The first-order chi connectivity index (χ1) is 11.0. The molecule has 138 valence electrons. The Labute approximate surface area is 161 Å². The SMILES string of the molecule is CCNC(=NCCNS(C)(=O)=O)NCCc1ccccc1OC.I. The number of nitrogens with zero attached hydrogens (tertiary/aromatic N) is 1. The third kappa shape index (κ3) is 9.93. The zero-order chi connectivity index (χ0) is 17.1. The number of ether oxygens (including phenoxy) is 1. The van der Waals surface area contributed by atoms with Crippen molar-refractivity contribution in [2.75, 3.05) is 39.5 Å². The summed E-state index contributed by atoms with van der Waals surface area (Å²) in [6.07, 6.45) is 1.93. The van der Waals surface area contributed by atoms with E-state index >= 15 is 0 Å². The highest BCUT2D eigenvalue weighted by Crippen LogP contribution is 2.17. The molecular weight excluding hydrogens is 443 g/mol. The van der Waals surface area contributed by atoms with Gasteiger partial charge >= 0.3 is 0 Å².